The van der Waals surface area contributed by atoms with E-state index >= 15 is 0 Å². The van der Waals surface area contributed by atoms with E-state index in [0.717, 1.165) is 11.3 Å². The van der Waals surface area contributed by atoms with Crippen LogP contribution in [0.5, 0.6) is 5.75 Å². The van der Waals surface area contributed by atoms with Crippen molar-refractivity contribution in [1.82, 2.24) is 10.6 Å². The van der Waals surface area contributed by atoms with Crippen LogP contribution in [0.25, 0.3) is 0 Å². The molecule has 0 unspecified atom stereocenters. The highest BCUT2D eigenvalue weighted by Gasteiger charge is 2.18. The Bertz CT molecular complexity index is 493. The summed E-state index contributed by atoms with van der Waals surface area (Å²) in [5.41, 5.74) is 1.02. The molecule has 5 nitrogen and oxygen atoms in total. The Morgan fingerprint density at radius 1 is 1.10 bits per heavy atom. The number of para-hydroxylation sites is 1. The third-order valence-corrected chi connectivity index (χ3v) is 2.87. The van der Waals surface area contributed by atoms with Crippen LogP contribution in [0.2, 0.25) is 0 Å². The fourth-order valence-corrected chi connectivity index (χ4v) is 1.85. The van der Waals surface area contributed by atoms with Gasteiger partial charge in [0.15, 0.2) is 6.61 Å². The molecule has 0 aromatic heterocycles. The van der Waals surface area contributed by atoms with Gasteiger partial charge in [0.05, 0.1) is 0 Å². The largest absolute Gasteiger partial charge is 0.483 e. The summed E-state index contributed by atoms with van der Waals surface area (Å²) in [6, 6.07) is 7.72. The number of hydrogen-bond acceptors (Lipinski definition) is 3. The zero-order valence-corrected chi connectivity index (χ0v) is 13.2. The molecule has 0 spiro atoms. The minimum Gasteiger partial charge on any atom is -0.483 e. The third kappa shape index (κ3) is 6.29. The van der Waals surface area contributed by atoms with Crippen molar-refractivity contribution in [2.45, 2.75) is 33.1 Å². The molecule has 0 aliphatic rings. The van der Waals surface area contributed by atoms with Crippen LogP contribution in [0.4, 0.5) is 0 Å². The van der Waals surface area contributed by atoms with Gasteiger partial charge in [-0.3, -0.25) is 9.59 Å². The summed E-state index contributed by atoms with van der Waals surface area (Å²) in [5.74, 6) is 0.408. The minimum absolute atomic E-state index is 0.0346. The van der Waals surface area contributed by atoms with Crippen molar-refractivity contribution >= 4 is 11.8 Å². The van der Waals surface area contributed by atoms with E-state index in [2.05, 4.69) is 31.4 Å². The lowest BCUT2D eigenvalue weighted by Gasteiger charge is -2.22. The molecule has 0 bridgehead atoms. The van der Waals surface area contributed by atoms with Crippen molar-refractivity contribution in [2.75, 3.05) is 19.7 Å². The van der Waals surface area contributed by atoms with Crippen molar-refractivity contribution in [3.05, 3.63) is 29.8 Å². The van der Waals surface area contributed by atoms with Crippen LogP contribution in [0.15, 0.2) is 24.3 Å². The Morgan fingerprint density at radius 2 is 1.71 bits per heavy atom. The lowest BCUT2D eigenvalue weighted by Crippen LogP contribution is -2.36. The second-order valence-electron chi connectivity index (χ2n) is 5.87. The highest BCUT2D eigenvalue weighted by atomic mass is 16.5. The number of ether oxygens (including phenoxy) is 1. The Morgan fingerprint density at radius 3 is 2.33 bits per heavy atom. The second kappa shape index (κ2) is 7.67. The van der Waals surface area contributed by atoms with E-state index < -0.39 is 0 Å². The van der Waals surface area contributed by atoms with E-state index in [9.17, 15) is 9.59 Å². The molecule has 1 rings (SSSR count). The molecule has 0 saturated heterocycles. The van der Waals surface area contributed by atoms with Crippen molar-refractivity contribution in [3.63, 3.8) is 0 Å². The quantitative estimate of drug-likeness (QED) is 0.783. The highest BCUT2D eigenvalue weighted by Crippen LogP contribution is 2.30. The van der Waals surface area contributed by atoms with E-state index in [1.165, 1.54) is 6.92 Å². The Hall–Kier alpha value is -2.04. The maximum Gasteiger partial charge on any atom is 0.258 e. The Kier molecular flexibility index (Phi) is 6.21. The van der Waals surface area contributed by atoms with Crippen LogP contribution in [0.1, 0.15) is 33.3 Å². The molecule has 0 aliphatic heterocycles. The van der Waals surface area contributed by atoms with E-state index in [1.807, 2.05) is 24.3 Å². The fraction of sp³-hybridized carbons (Fsp3) is 0.500. The molecule has 0 aliphatic carbocycles. The van der Waals surface area contributed by atoms with Crippen LogP contribution in [0, 0.1) is 0 Å². The summed E-state index contributed by atoms with van der Waals surface area (Å²) in [6.07, 6.45) is 0. The summed E-state index contributed by atoms with van der Waals surface area (Å²) in [7, 11) is 0. The lowest BCUT2D eigenvalue weighted by atomic mass is 9.86. The van der Waals surface area contributed by atoms with Gasteiger partial charge in [-0.25, -0.2) is 0 Å². The first-order valence-corrected chi connectivity index (χ1v) is 7.04. The molecule has 2 amide bonds. The summed E-state index contributed by atoms with van der Waals surface area (Å²) >= 11 is 0. The molecule has 0 radical (unpaired) electrons. The fourth-order valence-electron chi connectivity index (χ4n) is 1.85. The average Bonchev–Trinajstić information content (AvgIpc) is 2.40. The molecule has 0 saturated carbocycles. The average molecular weight is 292 g/mol. The van der Waals surface area contributed by atoms with Crippen LogP contribution in [-0.2, 0) is 15.0 Å². The van der Waals surface area contributed by atoms with Gasteiger partial charge in [0.2, 0.25) is 5.91 Å². The topological polar surface area (TPSA) is 67.4 Å². The van der Waals surface area contributed by atoms with Crippen molar-refractivity contribution in [1.29, 1.82) is 0 Å². The maximum atomic E-state index is 11.7. The number of nitrogens with one attached hydrogen (secondary N) is 2. The van der Waals surface area contributed by atoms with Crippen LogP contribution >= 0.6 is 0 Å². The normalized spacial score (nSPS) is 10.9. The predicted octanol–water partition coefficient (Wildman–Crippen LogP) is 1.62. The highest BCUT2D eigenvalue weighted by molar-refractivity contribution is 5.77. The van der Waals surface area contributed by atoms with Gasteiger partial charge >= 0.3 is 0 Å². The van der Waals surface area contributed by atoms with Gasteiger partial charge in [0, 0.05) is 20.0 Å². The standard InChI is InChI=1S/C16H24N2O3/c1-12(19)17-9-10-18-15(20)11-21-14-8-6-5-7-13(14)16(2,3)4/h5-8H,9-11H2,1-4H3,(H,17,19)(H,18,20). The summed E-state index contributed by atoms with van der Waals surface area (Å²) < 4.78 is 5.60. The van der Waals surface area contributed by atoms with E-state index in [0.29, 0.717) is 13.1 Å². The Labute approximate surface area is 126 Å². The molecule has 0 fully saturated rings. The maximum absolute atomic E-state index is 11.7. The number of carbonyl (C=O) groups is 2. The molecular formula is C16H24N2O3. The molecular weight excluding hydrogens is 268 g/mol. The Balaban J connectivity index is 2.45. The molecule has 1 aromatic rings. The van der Waals surface area contributed by atoms with E-state index in [1.54, 1.807) is 0 Å². The predicted molar refractivity (Wildman–Crippen MR) is 82.3 cm³/mol. The van der Waals surface area contributed by atoms with E-state index in [4.69, 9.17) is 4.74 Å². The zero-order valence-electron chi connectivity index (χ0n) is 13.2. The van der Waals surface area contributed by atoms with Gasteiger partial charge in [-0.1, -0.05) is 39.0 Å². The third-order valence-electron chi connectivity index (χ3n) is 2.87. The second-order valence-corrected chi connectivity index (χ2v) is 5.87. The lowest BCUT2D eigenvalue weighted by molar-refractivity contribution is -0.123. The first-order valence-electron chi connectivity index (χ1n) is 7.04. The molecule has 1 aromatic carbocycles. The number of carbonyl (C=O) groups excluding carboxylic acids is 2. The van der Waals surface area contributed by atoms with Crippen LogP contribution < -0.4 is 15.4 Å². The van der Waals surface area contributed by atoms with Gasteiger partial charge in [0.1, 0.15) is 5.75 Å². The van der Waals surface area contributed by atoms with Crippen molar-refractivity contribution in [3.8, 4) is 5.75 Å². The van der Waals surface area contributed by atoms with Gasteiger partial charge in [-0.15, -0.1) is 0 Å². The molecule has 21 heavy (non-hydrogen) atoms. The van der Waals surface area contributed by atoms with Gasteiger partial charge in [0.25, 0.3) is 5.91 Å². The number of rotatable bonds is 6. The van der Waals surface area contributed by atoms with Crippen LogP contribution in [0.3, 0.4) is 0 Å². The molecule has 2 N–H and O–H groups in total. The monoisotopic (exact) mass is 292 g/mol. The molecule has 5 heteroatoms. The van der Waals surface area contributed by atoms with E-state index in [-0.39, 0.29) is 23.8 Å². The first kappa shape index (κ1) is 17.0. The number of hydrogen-bond donors (Lipinski definition) is 2. The van der Waals surface area contributed by atoms with Crippen LogP contribution in [-0.4, -0.2) is 31.5 Å². The number of benzene rings is 1. The summed E-state index contributed by atoms with van der Waals surface area (Å²) in [5, 5.41) is 5.30. The minimum atomic E-state index is -0.205. The molecule has 0 heterocycles. The van der Waals surface area contributed by atoms with Gasteiger partial charge in [-0.2, -0.15) is 0 Å². The van der Waals surface area contributed by atoms with Crippen molar-refractivity contribution < 1.29 is 14.3 Å². The van der Waals surface area contributed by atoms with Gasteiger partial charge in [-0.05, 0) is 17.0 Å². The first-order chi connectivity index (χ1) is 9.80. The zero-order chi connectivity index (χ0) is 15.9. The molecule has 0 atom stereocenters. The van der Waals surface area contributed by atoms with Gasteiger partial charge < -0.3 is 15.4 Å². The molecule has 116 valence electrons. The summed E-state index contributed by atoms with van der Waals surface area (Å²) in [4.78, 5) is 22.4. The smallest absolute Gasteiger partial charge is 0.258 e. The summed E-state index contributed by atoms with van der Waals surface area (Å²) in [6.45, 7) is 8.51. The number of amides is 2. The SMILES string of the molecule is CC(=O)NCCNC(=O)COc1ccccc1C(C)(C)C. The van der Waals surface area contributed by atoms with Crippen molar-refractivity contribution in [2.24, 2.45) is 0 Å².